The van der Waals surface area contributed by atoms with Crippen molar-refractivity contribution in [3.63, 3.8) is 0 Å². The maximum Gasteiger partial charge on any atom is 0.164 e. The van der Waals surface area contributed by atoms with Gasteiger partial charge in [0.2, 0.25) is 0 Å². The van der Waals surface area contributed by atoms with Crippen LogP contribution in [0.4, 0.5) is 0 Å². The Hall–Kier alpha value is -8.15. The number of hydrogen-bond donors (Lipinski definition) is 0. The summed E-state index contributed by atoms with van der Waals surface area (Å²) in [5.74, 6) is 1.87. The fraction of sp³-hybridized carbons (Fsp3) is 0. The van der Waals surface area contributed by atoms with Crippen LogP contribution in [0.3, 0.4) is 0 Å². The van der Waals surface area contributed by atoms with E-state index >= 15 is 0 Å². The molecule has 5 nitrogen and oxygen atoms in total. The second kappa shape index (κ2) is 13.8. The first-order valence-corrected chi connectivity index (χ1v) is 20.2. The lowest BCUT2D eigenvalue weighted by molar-refractivity contribution is 0.666. The summed E-state index contributed by atoms with van der Waals surface area (Å²) in [5.41, 5.74) is 12.2. The van der Waals surface area contributed by atoms with Gasteiger partial charge in [0, 0.05) is 43.6 Å². The summed E-state index contributed by atoms with van der Waals surface area (Å²) in [5, 5.41) is 6.99. The summed E-state index contributed by atoms with van der Waals surface area (Å²) in [4.78, 5) is 15.1. The molecule has 0 N–H and O–H groups in total. The van der Waals surface area contributed by atoms with E-state index in [9.17, 15) is 0 Å². The highest BCUT2D eigenvalue weighted by Gasteiger charge is 2.22. The molecule has 0 spiro atoms. The van der Waals surface area contributed by atoms with E-state index in [-0.39, 0.29) is 0 Å². The van der Waals surface area contributed by atoms with E-state index < -0.39 is 0 Å². The highest BCUT2D eigenvalue weighted by atomic mass is 16.3. The van der Waals surface area contributed by atoms with Crippen molar-refractivity contribution in [3.05, 3.63) is 206 Å². The van der Waals surface area contributed by atoms with E-state index in [4.69, 9.17) is 19.4 Å². The summed E-state index contributed by atoms with van der Waals surface area (Å²) < 4.78 is 9.26. The number of nitrogens with zero attached hydrogens (tertiary/aromatic N) is 4. The molecule has 0 saturated heterocycles. The van der Waals surface area contributed by atoms with Crippen LogP contribution >= 0.6 is 0 Å². The molecule has 280 valence electrons. The number of aromatic nitrogens is 4. The molecule has 0 aliphatic heterocycles. The van der Waals surface area contributed by atoms with Gasteiger partial charge in [0.05, 0.1) is 16.7 Å². The zero-order valence-corrected chi connectivity index (χ0v) is 32.3. The van der Waals surface area contributed by atoms with Gasteiger partial charge in [-0.25, -0.2) is 15.0 Å². The Kier molecular flexibility index (Phi) is 7.78. The lowest BCUT2D eigenvalue weighted by atomic mass is 9.97. The van der Waals surface area contributed by atoms with Gasteiger partial charge in [-0.2, -0.15) is 0 Å². The average Bonchev–Trinajstić information content (AvgIpc) is 3.89. The first-order valence-electron chi connectivity index (χ1n) is 20.2. The smallest absolute Gasteiger partial charge is 0.164 e. The molecule has 3 aromatic heterocycles. The van der Waals surface area contributed by atoms with Gasteiger partial charge in [-0.05, 0) is 51.9 Å². The van der Waals surface area contributed by atoms with Gasteiger partial charge in [0.1, 0.15) is 5.58 Å². The van der Waals surface area contributed by atoms with Gasteiger partial charge in [0.15, 0.2) is 23.1 Å². The molecule has 12 rings (SSSR count). The third kappa shape index (κ3) is 5.52. The topological polar surface area (TPSA) is 56.7 Å². The highest BCUT2D eigenvalue weighted by Crippen LogP contribution is 2.44. The summed E-state index contributed by atoms with van der Waals surface area (Å²) in [6.45, 7) is 0. The molecular formula is C55H34N4O. The van der Waals surface area contributed by atoms with Crippen LogP contribution in [0.5, 0.6) is 0 Å². The van der Waals surface area contributed by atoms with E-state index in [1.54, 1.807) is 0 Å². The van der Waals surface area contributed by atoms with Crippen molar-refractivity contribution >= 4 is 54.5 Å². The van der Waals surface area contributed by atoms with Crippen LogP contribution in [0.25, 0.3) is 117 Å². The van der Waals surface area contributed by atoms with Crippen LogP contribution in [0, 0.1) is 0 Å². The standard InChI is InChI=1S/C55H34N4O/c1-3-14-35(15-4-1)40-19-13-20-41(34-40)55-57-53(38-17-5-2-6-18-38)56-54(58-55)39-28-26-37(27-29-39)42-32-33-48(52-50(42)46-23-10-12-25-49(46)60-52)59-47-24-11-9-22-44(47)45-31-30-36-16-7-8-21-43(36)51(45)59/h1-34H. The van der Waals surface area contributed by atoms with Crippen molar-refractivity contribution in [1.29, 1.82) is 0 Å². The van der Waals surface area contributed by atoms with Crippen molar-refractivity contribution < 1.29 is 4.42 Å². The molecule has 12 aromatic rings. The molecular weight excluding hydrogens is 733 g/mol. The van der Waals surface area contributed by atoms with Crippen LogP contribution in [-0.2, 0) is 0 Å². The second-order valence-corrected chi connectivity index (χ2v) is 15.2. The minimum Gasteiger partial charge on any atom is -0.454 e. The van der Waals surface area contributed by atoms with Crippen LogP contribution in [0.15, 0.2) is 211 Å². The highest BCUT2D eigenvalue weighted by molar-refractivity contribution is 6.21. The van der Waals surface area contributed by atoms with Crippen molar-refractivity contribution in [3.8, 4) is 62.1 Å². The third-order valence-electron chi connectivity index (χ3n) is 11.7. The van der Waals surface area contributed by atoms with Crippen molar-refractivity contribution in [2.75, 3.05) is 0 Å². The second-order valence-electron chi connectivity index (χ2n) is 15.2. The Morgan fingerprint density at radius 2 is 0.950 bits per heavy atom. The van der Waals surface area contributed by atoms with E-state index in [1.807, 2.05) is 42.5 Å². The quantitative estimate of drug-likeness (QED) is 0.169. The van der Waals surface area contributed by atoms with Crippen molar-refractivity contribution in [2.24, 2.45) is 0 Å². The molecule has 0 fully saturated rings. The van der Waals surface area contributed by atoms with E-state index in [0.717, 1.165) is 72.1 Å². The van der Waals surface area contributed by atoms with Gasteiger partial charge >= 0.3 is 0 Å². The lowest BCUT2D eigenvalue weighted by Crippen LogP contribution is -2.00. The number of benzene rings is 9. The molecule has 0 atom stereocenters. The molecule has 0 bridgehead atoms. The Morgan fingerprint density at radius 3 is 1.73 bits per heavy atom. The maximum atomic E-state index is 6.87. The lowest BCUT2D eigenvalue weighted by Gasteiger charge is -2.13. The van der Waals surface area contributed by atoms with E-state index in [2.05, 4.69) is 168 Å². The van der Waals surface area contributed by atoms with Crippen LogP contribution < -0.4 is 0 Å². The molecule has 0 radical (unpaired) electrons. The Morgan fingerprint density at radius 1 is 0.367 bits per heavy atom. The monoisotopic (exact) mass is 766 g/mol. The van der Waals surface area contributed by atoms with Crippen LogP contribution in [0.1, 0.15) is 0 Å². The molecule has 0 unspecified atom stereocenters. The third-order valence-corrected chi connectivity index (χ3v) is 11.7. The Balaban J connectivity index is 1.01. The minimum atomic E-state index is 0.614. The Labute approximate surface area is 345 Å². The van der Waals surface area contributed by atoms with Crippen LogP contribution in [0.2, 0.25) is 0 Å². The van der Waals surface area contributed by atoms with Crippen LogP contribution in [-0.4, -0.2) is 19.5 Å². The molecule has 3 heterocycles. The molecule has 0 amide bonds. The zero-order valence-electron chi connectivity index (χ0n) is 32.3. The minimum absolute atomic E-state index is 0.614. The predicted molar refractivity (Wildman–Crippen MR) is 246 cm³/mol. The van der Waals surface area contributed by atoms with Gasteiger partial charge < -0.3 is 8.98 Å². The Bertz CT molecular complexity index is 3590. The fourth-order valence-electron chi connectivity index (χ4n) is 8.83. The van der Waals surface area contributed by atoms with Gasteiger partial charge in [-0.1, -0.05) is 182 Å². The first kappa shape index (κ1) is 33.9. The SMILES string of the molecule is c1ccc(-c2cccc(-c3nc(-c4ccccc4)nc(-c4ccc(-c5ccc(-n6c7ccccc7c7ccc8ccccc8c76)c6oc7ccccc7c56)cc4)n3)c2)cc1. The number of furan rings is 1. The molecule has 0 saturated carbocycles. The maximum absolute atomic E-state index is 6.87. The molecule has 60 heavy (non-hydrogen) atoms. The number of hydrogen-bond acceptors (Lipinski definition) is 4. The fourth-order valence-corrected chi connectivity index (χ4v) is 8.83. The zero-order chi connectivity index (χ0) is 39.6. The van der Waals surface area contributed by atoms with Crippen molar-refractivity contribution in [1.82, 2.24) is 19.5 Å². The summed E-state index contributed by atoms with van der Waals surface area (Å²) in [6, 6.07) is 72.0. The van der Waals surface area contributed by atoms with Gasteiger partial charge in [-0.3, -0.25) is 0 Å². The van der Waals surface area contributed by atoms with Gasteiger partial charge in [0.25, 0.3) is 0 Å². The summed E-state index contributed by atoms with van der Waals surface area (Å²) in [6.07, 6.45) is 0. The van der Waals surface area contributed by atoms with E-state index in [0.29, 0.717) is 17.5 Å². The number of rotatable bonds is 6. The normalized spacial score (nSPS) is 11.7. The molecule has 0 aliphatic rings. The molecule has 9 aromatic carbocycles. The summed E-state index contributed by atoms with van der Waals surface area (Å²) in [7, 11) is 0. The first-order chi connectivity index (χ1) is 29.7. The summed E-state index contributed by atoms with van der Waals surface area (Å²) >= 11 is 0. The van der Waals surface area contributed by atoms with E-state index in [1.165, 1.54) is 27.1 Å². The number of para-hydroxylation sites is 2. The molecule has 5 heteroatoms. The molecule has 0 aliphatic carbocycles. The van der Waals surface area contributed by atoms with Crippen molar-refractivity contribution in [2.45, 2.75) is 0 Å². The predicted octanol–water partition coefficient (Wildman–Crippen LogP) is 14.4. The average molecular weight is 767 g/mol. The number of fused-ring (bicyclic) bond motifs is 8. The van der Waals surface area contributed by atoms with Gasteiger partial charge in [-0.15, -0.1) is 0 Å². The largest absolute Gasteiger partial charge is 0.454 e.